The standard InChI is InChI=1S/C29H34N6O4S/c1-18-6-10-22(11-7-18)40(37,38)26-24(19-14-31-33(5)15-19)32-27(23-12-13-30-25(23)26)34-16-20-8-9-21(17-34)35(20)28(36)39-29(2,3)4/h6-7,10-15,20-21,26H,8-9,16-17H2,1-5H3. The zero-order chi connectivity index (χ0) is 28.4. The lowest BCUT2D eigenvalue weighted by atomic mass is 9.98. The van der Waals surface area contributed by atoms with Crippen LogP contribution in [0.15, 0.2) is 75.2 Å². The van der Waals surface area contributed by atoms with Crippen LogP contribution in [0.5, 0.6) is 0 Å². The van der Waals surface area contributed by atoms with Crippen molar-refractivity contribution in [2.45, 2.75) is 68.4 Å². The Morgan fingerprint density at radius 1 is 1.05 bits per heavy atom. The maximum Gasteiger partial charge on any atom is 0.410 e. The summed E-state index contributed by atoms with van der Waals surface area (Å²) in [5, 5.41) is 3.23. The van der Waals surface area contributed by atoms with Gasteiger partial charge in [-0.05, 0) is 58.7 Å². The zero-order valence-corrected chi connectivity index (χ0v) is 24.2. The van der Waals surface area contributed by atoms with Crippen molar-refractivity contribution in [2.75, 3.05) is 13.1 Å². The number of piperazine rings is 1. The van der Waals surface area contributed by atoms with E-state index in [1.807, 2.05) is 38.7 Å². The second-order valence-electron chi connectivity index (χ2n) is 11.9. The number of sulfone groups is 1. The quantitative estimate of drug-likeness (QED) is 0.563. The van der Waals surface area contributed by atoms with Crippen molar-refractivity contribution in [1.29, 1.82) is 0 Å². The van der Waals surface area contributed by atoms with Crippen molar-refractivity contribution in [3.8, 4) is 0 Å². The number of benzene rings is 1. The molecule has 6 rings (SSSR count). The topological polar surface area (TPSA) is 109 Å². The van der Waals surface area contributed by atoms with E-state index in [1.54, 1.807) is 54.6 Å². The number of hydrogen-bond donors (Lipinski definition) is 0. The van der Waals surface area contributed by atoms with Crippen molar-refractivity contribution in [1.82, 2.24) is 19.6 Å². The number of carbonyl (C=O) groups excluding carboxylic acids is 1. The monoisotopic (exact) mass is 562 g/mol. The fourth-order valence-corrected chi connectivity index (χ4v) is 7.72. The van der Waals surface area contributed by atoms with Gasteiger partial charge in [0.25, 0.3) is 0 Å². The van der Waals surface area contributed by atoms with Crippen LogP contribution in [-0.2, 0) is 21.6 Å². The molecule has 0 spiro atoms. The third-order valence-electron chi connectivity index (χ3n) is 7.74. The number of allylic oxidation sites excluding steroid dienone is 2. The first-order valence-corrected chi connectivity index (χ1v) is 15.1. The van der Waals surface area contributed by atoms with Gasteiger partial charge in [-0.1, -0.05) is 17.7 Å². The molecule has 1 amide bonds. The highest BCUT2D eigenvalue weighted by molar-refractivity contribution is 7.93. The second-order valence-corrected chi connectivity index (χ2v) is 13.9. The van der Waals surface area contributed by atoms with Crippen molar-refractivity contribution in [3.63, 3.8) is 0 Å². The lowest BCUT2D eigenvalue weighted by Crippen LogP contribution is -2.56. The first-order chi connectivity index (χ1) is 18.9. The number of fused-ring (bicyclic) bond motifs is 3. The normalized spacial score (nSPS) is 24.3. The van der Waals surface area contributed by atoms with Gasteiger partial charge in [0.2, 0.25) is 0 Å². The minimum absolute atomic E-state index is 0.0153. The predicted molar refractivity (Wildman–Crippen MR) is 152 cm³/mol. The van der Waals surface area contributed by atoms with Gasteiger partial charge in [-0.3, -0.25) is 14.6 Å². The van der Waals surface area contributed by atoms with Gasteiger partial charge in [0.15, 0.2) is 15.1 Å². The fraction of sp³-hybridized carbons (Fsp3) is 0.448. The van der Waals surface area contributed by atoms with E-state index >= 15 is 0 Å². The summed E-state index contributed by atoms with van der Waals surface area (Å²) in [6.07, 6.45) is 8.39. The molecular weight excluding hydrogens is 528 g/mol. The van der Waals surface area contributed by atoms with Gasteiger partial charge in [0.1, 0.15) is 11.4 Å². The van der Waals surface area contributed by atoms with Crippen LogP contribution in [0.3, 0.4) is 0 Å². The Kier molecular flexibility index (Phi) is 6.25. The van der Waals surface area contributed by atoms with Crippen LogP contribution in [0, 0.1) is 6.92 Å². The van der Waals surface area contributed by atoms with Crippen LogP contribution in [0.1, 0.15) is 44.7 Å². The first kappa shape index (κ1) is 26.5. The van der Waals surface area contributed by atoms with Gasteiger partial charge in [-0.2, -0.15) is 5.10 Å². The third kappa shape index (κ3) is 4.55. The molecule has 2 aromatic rings. The number of nitrogens with zero attached hydrogens (tertiary/aromatic N) is 6. The van der Waals surface area contributed by atoms with Gasteiger partial charge in [0, 0.05) is 43.7 Å². The number of ether oxygens (including phenoxy) is 1. The second kappa shape index (κ2) is 9.43. The van der Waals surface area contributed by atoms with E-state index < -0.39 is 20.7 Å². The number of rotatable bonds is 4. The zero-order valence-electron chi connectivity index (χ0n) is 23.4. The molecule has 40 heavy (non-hydrogen) atoms. The maximum atomic E-state index is 14.1. The van der Waals surface area contributed by atoms with E-state index in [4.69, 9.17) is 9.73 Å². The minimum atomic E-state index is -3.88. The van der Waals surface area contributed by atoms with Crippen LogP contribution < -0.4 is 0 Å². The molecule has 5 heterocycles. The van der Waals surface area contributed by atoms with Crippen LogP contribution in [-0.4, -0.2) is 81.5 Å². The number of hydrogen-bond acceptors (Lipinski definition) is 8. The largest absolute Gasteiger partial charge is 0.444 e. The summed E-state index contributed by atoms with van der Waals surface area (Å²) in [6.45, 7) is 8.71. The molecule has 210 valence electrons. The van der Waals surface area contributed by atoms with E-state index in [-0.39, 0.29) is 23.1 Å². The molecule has 2 saturated heterocycles. The summed E-state index contributed by atoms with van der Waals surface area (Å²) in [5.41, 5.74) is 2.61. The minimum Gasteiger partial charge on any atom is -0.444 e. The molecule has 4 aliphatic rings. The van der Waals surface area contributed by atoms with E-state index in [2.05, 4.69) is 15.0 Å². The average Bonchev–Trinajstić information content (AvgIpc) is 3.60. The highest BCUT2D eigenvalue weighted by Crippen LogP contribution is 2.38. The Morgan fingerprint density at radius 3 is 2.33 bits per heavy atom. The molecule has 3 unspecified atom stereocenters. The summed E-state index contributed by atoms with van der Waals surface area (Å²) in [4.78, 5) is 27.0. The summed E-state index contributed by atoms with van der Waals surface area (Å²) < 4.78 is 35.6. The molecule has 4 aliphatic heterocycles. The van der Waals surface area contributed by atoms with Crippen LogP contribution in [0.25, 0.3) is 0 Å². The molecule has 0 radical (unpaired) electrons. The SMILES string of the molecule is Cc1ccc(S(=O)(=O)C2C3=NC=CC3=C(N3CC4CCC(C3)N4C(=O)OC(C)(C)C)N=C2c2cnn(C)c2)cc1. The molecule has 2 bridgehead atoms. The van der Waals surface area contributed by atoms with Gasteiger partial charge < -0.3 is 9.64 Å². The number of amides is 1. The molecule has 1 aromatic heterocycles. The fourth-order valence-electron chi connectivity index (χ4n) is 5.96. The molecule has 0 saturated carbocycles. The Hall–Kier alpha value is -3.73. The number of aliphatic imine (C=N–C) groups is 2. The lowest BCUT2D eigenvalue weighted by Gasteiger charge is -2.43. The predicted octanol–water partition coefficient (Wildman–Crippen LogP) is 3.64. The van der Waals surface area contributed by atoms with E-state index in [0.717, 1.165) is 18.4 Å². The number of likely N-dealkylation sites (tertiary alicyclic amines) is 1. The van der Waals surface area contributed by atoms with Crippen molar-refractivity contribution < 1.29 is 17.9 Å². The Morgan fingerprint density at radius 2 is 1.73 bits per heavy atom. The maximum absolute atomic E-state index is 14.1. The highest BCUT2D eigenvalue weighted by atomic mass is 32.2. The third-order valence-corrected chi connectivity index (χ3v) is 9.74. The summed E-state index contributed by atoms with van der Waals surface area (Å²) in [7, 11) is -2.09. The molecule has 10 nitrogen and oxygen atoms in total. The van der Waals surface area contributed by atoms with Crippen LogP contribution in [0.4, 0.5) is 4.79 Å². The van der Waals surface area contributed by atoms with Gasteiger partial charge in [-0.25, -0.2) is 18.2 Å². The first-order valence-electron chi connectivity index (χ1n) is 13.6. The van der Waals surface area contributed by atoms with Gasteiger partial charge >= 0.3 is 6.09 Å². The van der Waals surface area contributed by atoms with Crippen molar-refractivity contribution in [2.24, 2.45) is 17.0 Å². The summed E-state index contributed by atoms with van der Waals surface area (Å²) >= 11 is 0. The average molecular weight is 563 g/mol. The number of carbonyl (C=O) groups is 1. The van der Waals surface area contributed by atoms with Gasteiger partial charge in [0.05, 0.1) is 34.6 Å². The van der Waals surface area contributed by atoms with E-state index in [9.17, 15) is 13.2 Å². The van der Waals surface area contributed by atoms with Crippen LogP contribution >= 0.6 is 0 Å². The lowest BCUT2D eigenvalue weighted by molar-refractivity contribution is -0.000540. The molecule has 0 aliphatic carbocycles. The highest BCUT2D eigenvalue weighted by Gasteiger charge is 2.48. The smallest absolute Gasteiger partial charge is 0.410 e. The van der Waals surface area contributed by atoms with E-state index in [1.165, 1.54) is 0 Å². The molecular formula is C29H34N6O4S. The Balaban J connectivity index is 1.39. The number of aryl methyl sites for hydroxylation is 2. The molecule has 11 heteroatoms. The summed E-state index contributed by atoms with van der Waals surface area (Å²) in [5.74, 6) is 0.683. The summed E-state index contributed by atoms with van der Waals surface area (Å²) in [6, 6.07) is 6.85. The van der Waals surface area contributed by atoms with E-state index in [0.29, 0.717) is 41.5 Å². The Bertz CT molecular complexity index is 1580. The Labute approximate surface area is 234 Å². The van der Waals surface area contributed by atoms with Gasteiger partial charge in [-0.15, -0.1) is 0 Å². The van der Waals surface area contributed by atoms with Crippen molar-refractivity contribution >= 4 is 27.4 Å². The number of aromatic nitrogens is 2. The van der Waals surface area contributed by atoms with Crippen LogP contribution in [0.2, 0.25) is 0 Å². The molecule has 2 fully saturated rings. The van der Waals surface area contributed by atoms with Crippen molar-refractivity contribution in [3.05, 3.63) is 71.5 Å². The molecule has 0 N–H and O–H groups in total. The molecule has 1 aromatic carbocycles. The molecule has 3 atom stereocenters.